The number of carbonyl (C=O) groups excluding carboxylic acids is 1. The molecule has 2 aromatic rings. The molecule has 0 fully saturated rings. The summed E-state index contributed by atoms with van der Waals surface area (Å²) in [7, 11) is 0. The van der Waals surface area contributed by atoms with Crippen LogP contribution >= 0.6 is 22.9 Å². The molecule has 0 aliphatic heterocycles. The van der Waals surface area contributed by atoms with Gasteiger partial charge in [-0.15, -0.1) is 11.3 Å². The first kappa shape index (κ1) is 11.9. The molecule has 1 aromatic carbocycles. The molecule has 0 radical (unpaired) electrons. The molecule has 1 heterocycles. The molecule has 4 heteroatoms. The van der Waals surface area contributed by atoms with Gasteiger partial charge in [0, 0.05) is 4.88 Å². The highest BCUT2D eigenvalue weighted by Gasteiger charge is 2.14. The average molecular weight is 265 g/mol. The van der Waals surface area contributed by atoms with E-state index in [1.54, 1.807) is 24.3 Å². The van der Waals surface area contributed by atoms with E-state index in [2.05, 4.69) is 6.58 Å². The van der Waals surface area contributed by atoms with Crippen molar-refractivity contribution in [2.45, 2.75) is 0 Å². The summed E-state index contributed by atoms with van der Waals surface area (Å²) in [6, 6.07) is 10.5. The van der Waals surface area contributed by atoms with E-state index in [9.17, 15) is 4.79 Å². The molecule has 0 N–H and O–H groups in total. The molecular formula is C13H9ClO2S. The zero-order chi connectivity index (χ0) is 12.3. The fourth-order valence-electron chi connectivity index (χ4n) is 1.24. The molecule has 86 valence electrons. The molecule has 0 saturated carbocycles. The normalized spacial score (nSPS) is 9.94. The summed E-state index contributed by atoms with van der Waals surface area (Å²) >= 11 is 7.33. The number of carbonyl (C=O) groups is 1. The van der Waals surface area contributed by atoms with E-state index in [4.69, 9.17) is 16.3 Å². The molecule has 0 amide bonds. The minimum atomic E-state index is -0.486. The number of hydrogen-bond acceptors (Lipinski definition) is 3. The maximum atomic E-state index is 11.8. The monoisotopic (exact) mass is 264 g/mol. The van der Waals surface area contributed by atoms with Crippen molar-refractivity contribution in [3.63, 3.8) is 0 Å². The Morgan fingerprint density at radius 1 is 1.24 bits per heavy atom. The van der Waals surface area contributed by atoms with Gasteiger partial charge in [0.1, 0.15) is 5.75 Å². The van der Waals surface area contributed by atoms with Gasteiger partial charge in [0.2, 0.25) is 0 Å². The van der Waals surface area contributed by atoms with Gasteiger partial charge in [0.25, 0.3) is 0 Å². The van der Waals surface area contributed by atoms with Gasteiger partial charge in [-0.2, -0.15) is 0 Å². The molecule has 0 aliphatic carbocycles. The van der Waals surface area contributed by atoms with Gasteiger partial charge >= 0.3 is 5.97 Å². The van der Waals surface area contributed by atoms with Crippen molar-refractivity contribution in [2.75, 3.05) is 0 Å². The minimum Gasteiger partial charge on any atom is -0.421 e. The lowest BCUT2D eigenvalue weighted by Gasteiger charge is -2.06. The number of ether oxygens (including phenoxy) is 1. The van der Waals surface area contributed by atoms with E-state index in [0.29, 0.717) is 16.3 Å². The van der Waals surface area contributed by atoms with E-state index in [0.717, 1.165) is 4.88 Å². The summed E-state index contributed by atoms with van der Waals surface area (Å²) in [5.74, 6) is -0.141. The Morgan fingerprint density at radius 3 is 2.65 bits per heavy atom. The van der Waals surface area contributed by atoms with E-state index >= 15 is 0 Å². The van der Waals surface area contributed by atoms with E-state index in [1.165, 1.54) is 11.3 Å². The predicted molar refractivity (Wildman–Crippen MR) is 70.4 cm³/mol. The summed E-state index contributed by atoms with van der Waals surface area (Å²) < 4.78 is 5.17. The topological polar surface area (TPSA) is 26.3 Å². The second-order valence-electron chi connectivity index (χ2n) is 3.28. The predicted octanol–water partition coefficient (Wildman–Crippen LogP) is 4.02. The molecule has 0 bridgehead atoms. The van der Waals surface area contributed by atoms with Crippen LogP contribution in [0.15, 0.2) is 48.4 Å². The Bertz CT molecular complexity index is 546. The van der Waals surface area contributed by atoms with Crippen molar-refractivity contribution < 1.29 is 9.53 Å². The summed E-state index contributed by atoms with van der Waals surface area (Å²) in [4.78, 5) is 12.6. The molecule has 0 saturated heterocycles. The second kappa shape index (κ2) is 5.17. The summed E-state index contributed by atoms with van der Waals surface area (Å²) in [5.41, 5.74) is 0.333. The van der Waals surface area contributed by atoms with Crippen LogP contribution in [0, 0.1) is 0 Å². The van der Waals surface area contributed by atoms with Crippen LogP contribution in [0.5, 0.6) is 5.75 Å². The molecular weight excluding hydrogens is 256 g/mol. The van der Waals surface area contributed by atoms with Crippen LogP contribution < -0.4 is 4.74 Å². The van der Waals surface area contributed by atoms with Crippen LogP contribution in [0.25, 0.3) is 5.57 Å². The minimum absolute atomic E-state index is 0.333. The third-order valence-electron chi connectivity index (χ3n) is 2.10. The van der Waals surface area contributed by atoms with Gasteiger partial charge in [-0.1, -0.05) is 36.4 Å². The standard InChI is InChI=1S/C13H9ClO2S/c1-9(12-7-4-8-17-12)13(15)16-11-6-3-2-5-10(11)14/h2-8H,1H2. The Hall–Kier alpha value is -1.58. The maximum absolute atomic E-state index is 11.8. The van der Waals surface area contributed by atoms with E-state index in [1.807, 2.05) is 17.5 Å². The molecule has 0 atom stereocenters. The number of thiophene rings is 1. The van der Waals surface area contributed by atoms with Crippen molar-refractivity contribution in [3.05, 3.63) is 58.3 Å². The van der Waals surface area contributed by atoms with Crippen LogP contribution in [0.3, 0.4) is 0 Å². The number of halogens is 1. The molecule has 2 nitrogen and oxygen atoms in total. The highest BCUT2D eigenvalue weighted by molar-refractivity contribution is 7.11. The quantitative estimate of drug-likeness (QED) is 0.475. The second-order valence-corrected chi connectivity index (χ2v) is 4.63. The first-order valence-corrected chi connectivity index (χ1v) is 6.14. The smallest absolute Gasteiger partial charge is 0.344 e. The van der Waals surface area contributed by atoms with Crippen molar-refractivity contribution in [1.29, 1.82) is 0 Å². The maximum Gasteiger partial charge on any atom is 0.344 e. The number of hydrogen-bond donors (Lipinski definition) is 0. The Kier molecular flexibility index (Phi) is 3.61. The van der Waals surface area contributed by atoms with Crippen LogP contribution in [0.4, 0.5) is 0 Å². The molecule has 2 rings (SSSR count). The highest BCUT2D eigenvalue weighted by Crippen LogP contribution is 2.26. The van der Waals surface area contributed by atoms with Crippen LogP contribution in [0.2, 0.25) is 5.02 Å². The van der Waals surface area contributed by atoms with Gasteiger partial charge in [0.05, 0.1) is 10.6 Å². The molecule has 17 heavy (non-hydrogen) atoms. The largest absolute Gasteiger partial charge is 0.421 e. The molecule has 0 spiro atoms. The Labute approximate surface area is 108 Å². The summed E-state index contributed by atoms with van der Waals surface area (Å²) in [6.45, 7) is 3.72. The van der Waals surface area contributed by atoms with Gasteiger partial charge in [0.15, 0.2) is 0 Å². The van der Waals surface area contributed by atoms with E-state index in [-0.39, 0.29) is 0 Å². The molecule has 1 aromatic heterocycles. The Morgan fingerprint density at radius 2 is 2.00 bits per heavy atom. The van der Waals surface area contributed by atoms with Gasteiger partial charge in [-0.05, 0) is 23.6 Å². The lowest BCUT2D eigenvalue weighted by molar-refractivity contribution is -0.127. The SMILES string of the molecule is C=C(C(=O)Oc1ccccc1Cl)c1cccs1. The number of esters is 1. The summed E-state index contributed by atoms with van der Waals surface area (Å²) in [6.07, 6.45) is 0. The number of para-hydroxylation sites is 1. The molecule has 0 aliphatic rings. The van der Waals surface area contributed by atoms with Crippen LogP contribution in [-0.4, -0.2) is 5.97 Å². The Balaban J connectivity index is 2.13. The lowest BCUT2D eigenvalue weighted by atomic mass is 10.2. The third kappa shape index (κ3) is 2.75. The van der Waals surface area contributed by atoms with Crippen molar-refractivity contribution in [2.24, 2.45) is 0 Å². The van der Waals surface area contributed by atoms with Gasteiger partial charge in [-0.3, -0.25) is 0 Å². The number of benzene rings is 1. The zero-order valence-corrected chi connectivity index (χ0v) is 10.4. The zero-order valence-electron chi connectivity index (χ0n) is 8.85. The van der Waals surface area contributed by atoms with Crippen LogP contribution in [0.1, 0.15) is 4.88 Å². The highest BCUT2D eigenvalue weighted by atomic mass is 35.5. The lowest BCUT2D eigenvalue weighted by Crippen LogP contribution is -2.09. The fourth-order valence-corrected chi connectivity index (χ4v) is 2.10. The van der Waals surface area contributed by atoms with Crippen molar-refractivity contribution in [1.82, 2.24) is 0 Å². The average Bonchev–Trinajstić information content (AvgIpc) is 2.84. The third-order valence-corrected chi connectivity index (χ3v) is 3.35. The first-order valence-electron chi connectivity index (χ1n) is 4.88. The fraction of sp³-hybridized carbons (Fsp3) is 0. The van der Waals surface area contributed by atoms with Gasteiger partial charge in [-0.25, -0.2) is 4.79 Å². The van der Waals surface area contributed by atoms with E-state index < -0.39 is 5.97 Å². The number of rotatable bonds is 3. The summed E-state index contributed by atoms with van der Waals surface area (Å²) in [5, 5.41) is 2.28. The van der Waals surface area contributed by atoms with Crippen molar-refractivity contribution in [3.8, 4) is 5.75 Å². The molecule has 0 unspecified atom stereocenters. The first-order chi connectivity index (χ1) is 8.18. The van der Waals surface area contributed by atoms with Gasteiger partial charge < -0.3 is 4.74 Å². The van der Waals surface area contributed by atoms with Crippen molar-refractivity contribution >= 4 is 34.5 Å². The van der Waals surface area contributed by atoms with Crippen LogP contribution in [-0.2, 0) is 4.79 Å².